The second-order valence-corrected chi connectivity index (χ2v) is 6.60. The molecule has 1 aromatic rings. The molecule has 2 rings (SSSR count). The second kappa shape index (κ2) is 9.14. The Hall–Kier alpha value is -1.46. The molecule has 0 aliphatic carbocycles. The normalized spacial score (nSPS) is 17.1. The van der Waals surface area contributed by atoms with Crippen LogP contribution in [0, 0.1) is 5.92 Å². The van der Waals surface area contributed by atoms with Crippen LogP contribution < -0.4 is 20.1 Å². The second-order valence-electron chi connectivity index (χ2n) is 6.60. The van der Waals surface area contributed by atoms with Gasteiger partial charge in [-0.25, -0.2) is 0 Å². The Morgan fingerprint density at radius 2 is 2.00 bits per heavy atom. The largest absolute Gasteiger partial charge is 0.493 e. The molecule has 1 atom stereocenters. The number of halogens is 1. The van der Waals surface area contributed by atoms with Crippen LogP contribution in [0.5, 0.6) is 11.5 Å². The molecule has 0 spiro atoms. The van der Waals surface area contributed by atoms with Gasteiger partial charge in [0.2, 0.25) is 5.91 Å². The molecular weight excluding hydrogens is 328 g/mol. The molecule has 1 unspecified atom stereocenters. The molecule has 1 amide bonds. The van der Waals surface area contributed by atoms with Crippen molar-refractivity contribution in [2.45, 2.75) is 32.1 Å². The molecule has 5 nitrogen and oxygen atoms in total. The first-order valence-electron chi connectivity index (χ1n) is 8.20. The minimum Gasteiger partial charge on any atom is -0.493 e. The number of hydrogen-bond acceptors (Lipinski definition) is 4. The van der Waals surface area contributed by atoms with Crippen LogP contribution in [0.1, 0.15) is 32.3 Å². The molecule has 0 bridgehead atoms. The number of benzene rings is 1. The zero-order valence-corrected chi connectivity index (χ0v) is 15.8. The van der Waals surface area contributed by atoms with E-state index in [4.69, 9.17) is 9.47 Å². The minimum absolute atomic E-state index is 0. The van der Waals surface area contributed by atoms with Crippen LogP contribution in [0.2, 0.25) is 0 Å². The van der Waals surface area contributed by atoms with Crippen molar-refractivity contribution in [2.24, 2.45) is 5.92 Å². The predicted octanol–water partition coefficient (Wildman–Crippen LogP) is 2.52. The summed E-state index contributed by atoms with van der Waals surface area (Å²) in [6.45, 7) is 6.74. The van der Waals surface area contributed by atoms with Crippen molar-refractivity contribution >= 4 is 18.3 Å². The highest BCUT2D eigenvalue weighted by atomic mass is 35.5. The van der Waals surface area contributed by atoms with Crippen LogP contribution in [0.3, 0.4) is 0 Å². The van der Waals surface area contributed by atoms with Crippen molar-refractivity contribution in [3.8, 4) is 11.5 Å². The first-order valence-corrected chi connectivity index (χ1v) is 8.20. The number of ether oxygens (including phenoxy) is 2. The summed E-state index contributed by atoms with van der Waals surface area (Å²) in [7, 11) is 3.21. The van der Waals surface area contributed by atoms with E-state index in [0.717, 1.165) is 31.6 Å². The van der Waals surface area contributed by atoms with Crippen LogP contribution in [0.4, 0.5) is 0 Å². The Kier molecular flexibility index (Phi) is 7.84. The van der Waals surface area contributed by atoms with E-state index < -0.39 is 5.41 Å². The van der Waals surface area contributed by atoms with Gasteiger partial charge in [-0.05, 0) is 63.4 Å². The summed E-state index contributed by atoms with van der Waals surface area (Å²) in [5.41, 5.74) is 0.295. The molecule has 1 aromatic carbocycles. The zero-order chi connectivity index (χ0) is 16.9. The lowest BCUT2D eigenvalue weighted by Crippen LogP contribution is -2.40. The Balaban J connectivity index is 0.00000288. The molecule has 2 N–H and O–H groups in total. The van der Waals surface area contributed by atoms with Gasteiger partial charge in [0.05, 0.1) is 19.6 Å². The first-order chi connectivity index (χ1) is 11.0. The average Bonchev–Trinajstić information content (AvgIpc) is 3.07. The molecule has 1 fully saturated rings. The van der Waals surface area contributed by atoms with Crippen LogP contribution in [-0.4, -0.2) is 39.8 Å². The van der Waals surface area contributed by atoms with E-state index in [1.807, 2.05) is 32.0 Å². The number of amides is 1. The maximum absolute atomic E-state index is 12.6. The molecule has 24 heavy (non-hydrogen) atoms. The summed E-state index contributed by atoms with van der Waals surface area (Å²) in [5.74, 6) is 2.03. The fraction of sp³-hybridized carbons (Fsp3) is 0.611. The van der Waals surface area contributed by atoms with E-state index in [-0.39, 0.29) is 18.3 Å². The lowest BCUT2D eigenvalue weighted by atomic mass is 9.83. The molecule has 1 aliphatic heterocycles. The van der Waals surface area contributed by atoms with Gasteiger partial charge in [0.1, 0.15) is 0 Å². The Morgan fingerprint density at radius 1 is 1.29 bits per heavy atom. The van der Waals surface area contributed by atoms with Crippen molar-refractivity contribution < 1.29 is 14.3 Å². The van der Waals surface area contributed by atoms with Gasteiger partial charge in [0.15, 0.2) is 11.5 Å². The topological polar surface area (TPSA) is 59.6 Å². The number of hydrogen-bond donors (Lipinski definition) is 2. The monoisotopic (exact) mass is 356 g/mol. The van der Waals surface area contributed by atoms with Crippen LogP contribution in [-0.2, 0) is 10.2 Å². The summed E-state index contributed by atoms with van der Waals surface area (Å²) in [6, 6.07) is 5.63. The number of carbonyl (C=O) groups is 1. The van der Waals surface area contributed by atoms with Gasteiger partial charge in [-0.3, -0.25) is 4.79 Å². The molecule has 136 valence electrons. The minimum atomic E-state index is -0.618. The summed E-state index contributed by atoms with van der Waals surface area (Å²) in [4.78, 5) is 12.6. The summed E-state index contributed by atoms with van der Waals surface area (Å²) < 4.78 is 10.6. The van der Waals surface area contributed by atoms with Crippen LogP contribution in [0.25, 0.3) is 0 Å². The Bertz CT molecular complexity index is 543. The first kappa shape index (κ1) is 20.6. The Morgan fingerprint density at radius 3 is 2.58 bits per heavy atom. The lowest BCUT2D eigenvalue weighted by molar-refractivity contribution is -0.125. The van der Waals surface area contributed by atoms with Crippen molar-refractivity contribution in [2.75, 3.05) is 33.9 Å². The maximum Gasteiger partial charge on any atom is 0.230 e. The van der Waals surface area contributed by atoms with E-state index >= 15 is 0 Å². The van der Waals surface area contributed by atoms with E-state index in [0.29, 0.717) is 17.4 Å². The van der Waals surface area contributed by atoms with Gasteiger partial charge >= 0.3 is 0 Å². The van der Waals surface area contributed by atoms with Gasteiger partial charge in [-0.15, -0.1) is 12.4 Å². The highest BCUT2D eigenvalue weighted by molar-refractivity contribution is 5.87. The van der Waals surface area contributed by atoms with Crippen molar-refractivity contribution in [1.82, 2.24) is 10.6 Å². The van der Waals surface area contributed by atoms with E-state index in [9.17, 15) is 4.79 Å². The third-order valence-corrected chi connectivity index (χ3v) is 4.67. The molecule has 1 heterocycles. The van der Waals surface area contributed by atoms with E-state index in [2.05, 4.69) is 10.6 Å². The van der Waals surface area contributed by atoms with Crippen molar-refractivity contribution in [3.63, 3.8) is 0 Å². The smallest absolute Gasteiger partial charge is 0.230 e. The summed E-state index contributed by atoms with van der Waals surface area (Å²) >= 11 is 0. The molecule has 0 aromatic heterocycles. The number of carbonyl (C=O) groups excluding carboxylic acids is 1. The highest BCUT2D eigenvalue weighted by Gasteiger charge is 2.30. The maximum atomic E-state index is 12.6. The fourth-order valence-electron chi connectivity index (χ4n) is 2.93. The summed E-state index contributed by atoms with van der Waals surface area (Å²) in [5, 5.41) is 6.43. The molecule has 1 saturated heterocycles. The van der Waals surface area contributed by atoms with Crippen molar-refractivity contribution in [1.29, 1.82) is 0 Å². The van der Waals surface area contributed by atoms with Gasteiger partial charge in [0, 0.05) is 6.54 Å². The molecule has 0 saturated carbocycles. The average molecular weight is 357 g/mol. The number of methoxy groups -OCH3 is 2. The van der Waals surface area contributed by atoms with Gasteiger partial charge in [-0.1, -0.05) is 6.07 Å². The highest BCUT2D eigenvalue weighted by Crippen LogP contribution is 2.33. The van der Waals surface area contributed by atoms with E-state index in [1.54, 1.807) is 14.2 Å². The van der Waals surface area contributed by atoms with Gasteiger partial charge in [-0.2, -0.15) is 0 Å². The zero-order valence-electron chi connectivity index (χ0n) is 15.0. The van der Waals surface area contributed by atoms with E-state index in [1.165, 1.54) is 6.42 Å². The quantitative estimate of drug-likeness (QED) is 0.788. The van der Waals surface area contributed by atoms with Crippen molar-refractivity contribution in [3.05, 3.63) is 23.8 Å². The lowest BCUT2D eigenvalue weighted by Gasteiger charge is -2.25. The fourth-order valence-corrected chi connectivity index (χ4v) is 2.93. The standard InChI is InChI=1S/C18H28N2O3.ClH/c1-18(2,14-5-6-15(22-3)16(11-14)23-4)17(21)20-10-8-13-7-9-19-12-13;/h5-6,11,13,19H,7-10,12H2,1-4H3,(H,20,21);1H. The van der Waals surface area contributed by atoms with Gasteiger partial charge < -0.3 is 20.1 Å². The number of rotatable bonds is 7. The molecular formula is C18H29ClN2O3. The van der Waals surface area contributed by atoms with Gasteiger partial charge in [0.25, 0.3) is 0 Å². The third kappa shape index (κ3) is 4.77. The summed E-state index contributed by atoms with van der Waals surface area (Å²) in [6.07, 6.45) is 2.23. The third-order valence-electron chi connectivity index (χ3n) is 4.67. The van der Waals surface area contributed by atoms with Crippen LogP contribution in [0.15, 0.2) is 18.2 Å². The predicted molar refractivity (Wildman–Crippen MR) is 98.4 cm³/mol. The molecule has 1 aliphatic rings. The number of nitrogens with one attached hydrogen (secondary N) is 2. The Labute approximate surface area is 150 Å². The van der Waals surface area contributed by atoms with Crippen LogP contribution >= 0.6 is 12.4 Å². The molecule has 6 heteroatoms. The SMILES string of the molecule is COc1ccc(C(C)(C)C(=O)NCCC2CCNC2)cc1OC.Cl. The molecule has 0 radical (unpaired) electrons.